The van der Waals surface area contributed by atoms with E-state index in [1.165, 1.54) is 13.2 Å². The van der Waals surface area contributed by atoms with Gasteiger partial charge >= 0.3 is 0 Å². The van der Waals surface area contributed by atoms with E-state index in [1.807, 2.05) is 0 Å². The zero-order valence-electron chi connectivity index (χ0n) is 11.7. The number of sulfonamides is 1. The molecule has 0 amide bonds. The van der Waals surface area contributed by atoms with Gasteiger partial charge in [-0.05, 0) is 18.6 Å². The van der Waals surface area contributed by atoms with E-state index in [4.69, 9.17) is 11.2 Å². The third-order valence-corrected chi connectivity index (χ3v) is 4.40. The zero-order chi connectivity index (χ0) is 16.0. The van der Waals surface area contributed by atoms with Crippen molar-refractivity contribution in [2.24, 2.45) is 0 Å². The van der Waals surface area contributed by atoms with Crippen molar-refractivity contribution in [2.45, 2.75) is 30.7 Å². The molecule has 0 aliphatic carbocycles. The van der Waals surface area contributed by atoms with E-state index in [9.17, 15) is 18.5 Å². The molecule has 7 nitrogen and oxygen atoms in total. The Morgan fingerprint density at radius 1 is 1.52 bits per heavy atom. The molecule has 1 N–H and O–H groups in total. The number of hydrogen-bond acceptors (Lipinski definition) is 5. The van der Waals surface area contributed by atoms with Gasteiger partial charge in [0.15, 0.2) is 4.90 Å². The molecule has 0 aromatic heterocycles. The van der Waals surface area contributed by atoms with E-state index in [1.54, 1.807) is 6.92 Å². The fraction of sp³-hybridized carbons (Fsp3) is 0.385. The Morgan fingerprint density at radius 3 is 2.67 bits per heavy atom. The molecule has 1 aromatic carbocycles. The summed E-state index contributed by atoms with van der Waals surface area (Å²) in [5, 5.41) is 11.0. The van der Waals surface area contributed by atoms with Gasteiger partial charge in [-0.25, -0.2) is 13.1 Å². The first kappa shape index (κ1) is 16.9. The molecule has 1 atom stereocenters. The highest BCUT2D eigenvalue weighted by Crippen LogP contribution is 2.28. The Balaban J connectivity index is 3.25. The van der Waals surface area contributed by atoms with Crippen LogP contribution in [0.5, 0.6) is 5.75 Å². The molecule has 0 saturated carbocycles. The average Bonchev–Trinajstić information content (AvgIpc) is 2.45. The molecular formula is C13H16N2O5S. The highest BCUT2D eigenvalue weighted by Gasteiger charge is 2.28. The van der Waals surface area contributed by atoms with E-state index in [0.717, 1.165) is 12.1 Å². The molecular weight excluding hydrogens is 296 g/mol. The first-order valence-electron chi connectivity index (χ1n) is 6.14. The van der Waals surface area contributed by atoms with Gasteiger partial charge in [0.1, 0.15) is 5.75 Å². The predicted octanol–water partition coefficient (Wildman–Crippen LogP) is 1.68. The summed E-state index contributed by atoms with van der Waals surface area (Å²) in [6.07, 6.45) is 5.86. The minimum Gasteiger partial charge on any atom is -0.497 e. The zero-order valence-corrected chi connectivity index (χ0v) is 12.5. The second-order valence-electron chi connectivity index (χ2n) is 4.23. The number of hydrogen-bond donors (Lipinski definition) is 1. The molecule has 0 aliphatic rings. The molecule has 0 radical (unpaired) electrons. The topological polar surface area (TPSA) is 98.5 Å². The van der Waals surface area contributed by atoms with Crippen LogP contribution >= 0.6 is 0 Å². The number of benzene rings is 1. The summed E-state index contributed by atoms with van der Waals surface area (Å²) in [6, 6.07) is 3.09. The fourth-order valence-electron chi connectivity index (χ4n) is 1.69. The van der Waals surface area contributed by atoms with Crippen LogP contribution in [0, 0.1) is 22.5 Å². The maximum Gasteiger partial charge on any atom is 0.293 e. The Labute approximate surface area is 123 Å². The summed E-state index contributed by atoms with van der Waals surface area (Å²) >= 11 is 0. The van der Waals surface area contributed by atoms with E-state index in [-0.39, 0.29) is 12.2 Å². The highest BCUT2D eigenvalue weighted by atomic mass is 32.2. The molecule has 0 heterocycles. The SMILES string of the molecule is C#CCC(CC)NS(=O)(=O)c1ccc(OC)cc1[N+](=O)[O-]. The molecule has 1 unspecified atom stereocenters. The smallest absolute Gasteiger partial charge is 0.293 e. The van der Waals surface area contributed by atoms with Crippen molar-refractivity contribution in [3.05, 3.63) is 28.3 Å². The average molecular weight is 312 g/mol. The third-order valence-electron chi connectivity index (χ3n) is 2.83. The monoisotopic (exact) mass is 312 g/mol. The molecule has 0 spiro atoms. The number of nitro groups is 1. The van der Waals surface area contributed by atoms with Crippen LogP contribution in [0.2, 0.25) is 0 Å². The lowest BCUT2D eigenvalue weighted by atomic mass is 10.2. The lowest BCUT2D eigenvalue weighted by Crippen LogP contribution is -2.34. The predicted molar refractivity (Wildman–Crippen MR) is 77.5 cm³/mol. The maximum absolute atomic E-state index is 12.3. The molecule has 8 heteroatoms. The number of terminal acetylenes is 1. The van der Waals surface area contributed by atoms with Crippen LogP contribution in [0.1, 0.15) is 19.8 Å². The van der Waals surface area contributed by atoms with Crippen LogP contribution in [0.3, 0.4) is 0 Å². The number of nitro benzene ring substituents is 1. The first-order valence-corrected chi connectivity index (χ1v) is 7.62. The summed E-state index contributed by atoms with van der Waals surface area (Å²) in [4.78, 5) is 9.87. The van der Waals surface area contributed by atoms with Crippen molar-refractivity contribution >= 4 is 15.7 Å². The number of nitrogens with one attached hydrogen (secondary N) is 1. The van der Waals surface area contributed by atoms with Crippen LogP contribution in [0.15, 0.2) is 23.1 Å². The van der Waals surface area contributed by atoms with Gasteiger partial charge in [-0.15, -0.1) is 12.3 Å². The Kier molecular flexibility index (Phi) is 5.69. The van der Waals surface area contributed by atoms with Crippen molar-refractivity contribution in [3.63, 3.8) is 0 Å². The van der Waals surface area contributed by atoms with Crippen LogP contribution in [0.25, 0.3) is 0 Å². The molecule has 0 aliphatic heterocycles. The minimum atomic E-state index is -4.04. The van der Waals surface area contributed by atoms with Crippen molar-refractivity contribution in [2.75, 3.05) is 7.11 Å². The second-order valence-corrected chi connectivity index (χ2v) is 5.91. The van der Waals surface area contributed by atoms with Crippen molar-refractivity contribution < 1.29 is 18.1 Å². The maximum atomic E-state index is 12.3. The van der Waals surface area contributed by atoms with E-state index >= 15 is 0 Å². The molecule has 114 valence electrons. The Bertz CT molecular complexity index is 664. The quantitative estimate of drug-likeness (QED) is 0.469. The summed E-state index contributed by atoms with van der Waals surface area (Å²) < 4.78 is 31.8. The fourth-order valence-corrected chi connectivity index (χ4v) is 3.16. The largest absolute Gasteiger partial charge is 0.497 e. The number of ether oxygens (including phenoxy) is 1. The minimum absolute atomic E-state index is 0.205. The second kappa shape index (κ2) is 7.06. The van der Waals surface area contributed by atoms with Crippen LogP contribution < -0.4 is 9.46 Å². The first-order chi connectivity index (χ1) is 9.85. The molecule has 21 heavy (non-hydrogen) atoms. The van der Waals surface area contributed by atoms with E-state index < -0.39 is 31.6 Å². The molecule has 1 aromatic rings. The van der Waals surface area contributed by atoms with Crippen molar-refractivity contribution in [3.8, 4) is 18.1 Å². The molecule has 0 saturated heterocycles. The standard InChI is InChI=1S/C13H16N2O5S/c1-4-6-10(5-2)14-21(18,19)13-8-7-11(20-3)9-12(13)15(16)17/h1,7-10,14H,5-6H2,2-3H3. The van der Waals surface area contributed by atoms with Gasteiger partial charge in [-0.1, -0.05) is 6.92 Å². The third kappa shape index (κ3) is 4.18. The van der Waals surface area contributed by atoms with Gasteiger partial charge in [0.25, 0.3) is 5.69 Å². The normalized spacial score (nSPS) is 12.4. The summed E-state index contributed by atoms with van der Waals surface area (Å²) in [5.41, 5.74) is -0.544. The van der Waals surface area contributed by atoms with Crippen LogP contribution in [-0.2, 0) is 10.0 Å². The Morgan fingerprint density at radius 2 is 2.19 bits per heavy atom. The van der Waals surface area contributed by atoms with E-state index in [2.05, 4.69) is 10.6 Å². The van der Waals surface area contributed by atoms with Crippen LogP contribution in [0.4, 0.5) is 5.69 Å². The van der Waals surface area contributed by atoms with Crippen molar-refractivity contribution in [1.82, 2.24) is 4.72 Å². The number of rotatable bonds is 7. The molecule has 0 bridgehead atoms. The van der Waals surface area contributed by atoms with Gasteiger partial charge in [0.2, 0.25) is 10.0 Å². The molecule has 1 rings (SSSR count). The Hall–Kier alpha value is -2.11. The lowest BCUT2D eigenvalue weighted by molar-refractivity contribution is -0.387. The number of nitrogens with zero attached hydrogens (tertiary/aromatic N) is 1. The van der Waals surface area contributed by atoms with E-state index in [0.29, 0.717) is 6.42 Å². The van der Waals surface area contributed by atoms with Gasteiger partial charge in [-0.2, -0.15) is 0 Å². The number of methoxy groups -OCH3 is 1. The van der Waals surface area contributed by atoms with Gasteiger partial charge in [0.05, 0.1) is 18.1 Å². The van der Waals surface area contributed by atoms with Gasteiger partial charge < -0.3 is 4.74 Å². The molecule has 0 fully saturated rings. The lowest BCUT2D eigenvalue weighted by Gasteiger charge is -2.14. The summed E-state index contributed by atoms with van der Waals surface area (Å²) in [5.74, 6) is 2.57. The summed E-state index contributed by atoms with van der Waals surface area (Å²) in [6.45, 7) is 1.77. The summed E-state index contributed by atoms with van der Waals surface area (Å²) in [7, 11) is -2.70. The van der Waals surface area contributed by atoms with Crippen molar-refractivity contribution in [1.29, 1.82) is 0 Å². The van der Waals surface area contributed by atoms with Gasteiger partial charge in [-0.3, -0.25) is 10.1 Å². The highest BCUT2D eigenvalue weighted by molar-refractivity contribution is 7.89. The van der Waals surface area contributed by atoms with Gasteiger partial charge in [0, 0.05) is 12.5 Å². The van der Waals surface area contributed by atoms with Crippen LogP contribution in [-0.4, -0.2) is 26.5 Å².